The normalized spacial score (nSPS) is 23.4. The molecule has 4 atom stereocenters. The van der Waals surface area contributed by atoms with Gasteiger partial charge in [0.25, 0.3) is 5.91 Å². The Bertz CT molecular complexity index is 1170. The molecule has 0 saturated carbocycles. The van der Waals surface area contributed by atoms with E-state index in [0.717, 1.165) is 0 Å². The molecule has 0 bridgehead atoms. The number of amides is 1. The molecule has 182 valence electrons. The Morgan fingerprint density at radius 3 is 2.56 bits per heavy atom. The Labute approximate surface area is 204 Å². The number of fused-ring (bicyclic) bond motifs is 1. The van der Waals surface area contributed by atoms with Crippen molar-refractivity contribution in [3.8, 4) is 0 Å². The van der Waals surface area contributed by atoms with Crippen LogP contribution in [0.1, 0.15) is 36.5 Å². The Morgan fingerprint density at radius 2 is 1.91 bits per heavy atom. The van der Waals surface area contributed by atoms with E-state index in [1.54, 1.807) is 30.6 Å². The lowest BCUT2D eigenvalue weighted by Gasteiger charge is -2.40. The highest BCUT2D eigenvalue weighted by molar-refractivity contribution is 8.00. The fourth-order valence-electron chi connectivity index (χ4n) is 3.64. The van der Waals surface area contributed by atoms with Crippen LogP contribution >= 0.6 is 11.8 Å². The molecule has 9 nitrogen and oxygen atoms in total. The van der Waals surface area contributed by atoms with Gasteiger partial charge < -0.3 is 20.0 Å². The van der Waals surface area contributed by atoms with E-state index in [2.05, 4.69) is 54.1 Å². The van der Waals surface area contributed by atoms with Gasteiger partial charge in [-0.15, -0.1) is 11.8 Å². The van der Waals surface area contributed by atoms with E-state index in [4.69, 9.17) is 4.43 Å². The Kier molecular flexibility index (Phi) is 6.84. The van der Waals surface area contributed by atoms with Crippen molar-refractivity contribution in [1.29, 1.82) is 0 Å². The highest BCUT2D eigenvalue weighted by Gasteiger charge is 2.50. The molecule has 0 unspecified atom stereocenters. The number of aliphatic hydroxyl groups excluding tert-OH is 2. The molecule has 4 rings (SSSR count). The molecular weight excluding hydrogens is 470 g/mol. The lowest BCUT2D eigenvalue weighted by Crippen LogP contribution is -2.48. The molecule has 1 fully saturated rings. The van der Waals surface area contributed by atoms with Crippen LogP contribution in [0.5, 0.6) is 0 Å². The van der Waals surface area contributed by atoms with E-state index in [1.165, 1.54) is 18.1 Å². The average molecular weight is 502 g/mol. The van der Waals surface area contributed by atoms with Gasteiger partial charge in [0.1, 0.15) is 17.8 Å². The van der Waals surface area contributed by atoms with Gasteiger partial charge in [-0.25, -0.2) is 15.0 Å². The van der Waals surface area contributed by atoms with E-state index < -0.39 is 25.8 Å². The summed E-state index contributed by atoms with van der Waals surface area (Å²) in [5.74, 6) is 0.0158. The molecule has 11 heteroatoms. The molecule has 0 spiro atoms. The number of rotatable bonds is 6. The number of hydrogen-bond acceptors (Lipinski definition) is 8. The van der Waals surface area contributed by atoms with Gasteiger partial charge in [0.05, 0.1) is 24.3 Å². The number of anilines is 1. The van der Waals surface area contributed by atoms with Crippen molar-refractivity contribution < 1.29 is 19.4 Å². The second-order valence-corrected chi connectivity index (χ2v) is 16.1. The Morgan fingerprint density at radius 1 is 1.21 bits per heavy atom. The quantitative estimate of drug-likeness (QED) is 0.439. The molecule has 2 aromatic heterocycles. The number of carbonyl (C=O) groups is 1. The maximum absolute atomic E-state index is 12.7. The lowest BCUT2D eigenvalue weighted by molar-refractivity contribution is 0.0187. The molecule has 34 heavy (non-hydrogen) atoms. The predicted octanol–water partition coefficient (Wildman–Crippen LogP) is 3.44. The third-order valence-corrected chi connectivity index (χ3v) is 12.7. The first-order valence-corrected chi connectivity index (χ1v) is 15.0. The monoisotopic (exact) mass is 501 g/mol. The zero-order valence-electron chi connectivity index (χ0n) is 20.0. The van der Waals surface area contributed by atoms with Crippen LogP contribution in [-0.4, -0.2) is 68.0 Å². The zero-order valence-corrected chi connectivity index (χ0v) is 21.8. The fraction of sp³-hybridized carbons (Fsp3) is 0.478. The third kappa shape index (κ3) is 4.62. The number of thioether (sulfide) groups is 1. The Hall–Kier alpha value is -2.31. The van der Waals surface area contributed by atoms with Crippen LogP contribution in [0.3, 0.4) is 0 Å². The predicted molar refractivity (Wildman–Crippen MR) is 135 cm³/mol. The molecule has 3 aromatic rings. The Balaban J connectivity index is 1.68. The van der Waals surface area contributed by atoms with Gasteiger partial charge in [-0.2, -0.15) is 0 Å². The SMILES string of the molecule is CC(C)(C)[Si](C)(C)O[C@@H]1[C@H](O)[C@@H](CO)S[C@H]1n1cnc2c(NC(=O)c3ccccc3)ncnc21. The summed E-state index contributed by atoms with van der Waals surface area (Å²) in [6, 6.07) is 8.88. The number of imidazole rings is 1. The topological polar surface area (TPSA) is 122 Å². The summed E-state index contributed by atoms with van der Waals surface area (Å²) in [6.07, 6.45) is 1.62. The number of benzene rings is 1. The van der Waals surface area contributed by atoms with E-state index in [0.29, 0.717) is 22.5 Å². The standard InChI is InChI=1S/C23H31N5O4SSi/c1-23(2,3)34(4,5)32-18-17(30)15(11-29)33-22(18)28-13-26-16-19(24-12-25-20(16)28)27-21(31)14-9-7-6-8-10-14/h6-10,12-13,15,17-18,22,29-30H,11H2,1-5H3,(H,24,25,27,31)/t15-,17-,18-,22-/m1/s1. The molecule has 3 N–H and O–H groups in total. The minimum Gasteiger partial charge on any atom is -0.408 e. The molecule has 3 heterocycles. The van der Waals surface area contributed by atoms with E-state index in [9.17, 15) is 15.0 Å². The molecule has 0 radical (unpaired) electrons. The van der Waals surface area contributed by atoms with Gasteiger partial charge in [0.15, 0.2) is 25.3 Å². The van der Waals surface area contributed by atoms with Crippen LogP contribution < -0.4 is 5.32 Å². The largest absolute Gasteiger partial charge is 0.408 e. The molecule has 1 saturated heterocycles. The first kappa shape index (κ1) is 24.8. The third-order valence-electron chi connectivity index (χ3n) is 6.63. The van der Waals surface area contributed by atoms with Gasteiger partial charge in [0, 0.05) is 5.56 Å². The van der Waals surface area contributed by atoms with Crippen LogP contribution in [0.15, 0.2) is 43.0 Å². The lowest BCUT2D eigenvalue weighted by atomic mass is 10.1. The maximum atomic E-state index is 12.7. The summed E-state index contributed by atoms with van der Waals surface area (Å²) in [7, 11) is -2.22. The first-order valence-electron chi connectivity index (χ1n) is 11.2. The van der Waals surface area contributed by atoms with Crippen molar-refractivity contribution in [2.24, 2.45) is 0 Å². The van der Waals surface area contributed by atoms with E-state index >= 15 is 0 Å². The average Bonchev–Trinajstić information content (AvgIpc) is 3.35. The highest BCUT2D eigenvalue weighted by atomic mass is 32.2. The number of nitrogens with one attached hydrogen (secondary N) is 1. The number of nitrogens with zero attached hydrogens (tertiary/aromatic N) is 4. The number of hydrogen-bond donors (Lipinski definition) is 3. The summed E-state index contributed by atoms with van der Waals surface area (Å²) in [5.41, 5.74) is 1.47. The molecule has 1 aromatic carbocycles. The zero-order chi connectivity index (χ0) is 24.7. The minimum absolute atomic E-state index is 0.0483. The first-order chi connectivity index (χ1) is 16.0. The number of aromatic nitrogens is 4. The second kappa shape index (κ2) is 9.38. The van der Waals surface area contributed by atoms with Crippen molar-refractivity contribution in [1.82, 2.24) is 19.5 Å². The summed E-state index contributed by atoms with van der Waals surface area (Å²) in [4.78, 5) is 25.8. The van der Waals surface area contributed by atoms with E-state index in [-0.39, 0.29) is 22.9 Å². The van der Waals surface area contributed by atoms with Crippen LogP contribution in [-0.2, 0) is 4.43 Å². The molecular formula is C23H31N5O4SSi. The van der Waals surface area contributed by atoms with Crippen molar-refractivity contribution >= 4 is 43.0 Å². The smallest absolute Gasteiger partial charge is 0.256 e. The summed E-state index contributed by atoms with van der Waals surface area (Å²) in [6.45, 7) is 10.5. The van der Waals surface area contributed by atoms with Crippen molar-refractivity contribution in [2.45, 2.75) is 61.7 Å². The van der Waals surface area contributed by atoms with Crippen molar-refractivity contribution in [3.05, 3.63) is 48.5 Å². The van der Waals surface area contributed by atoms with Crippen LogP contribution in [0, 0.1) is 0 Å². The van der Waals surface area contributed by atoms with Gasteiger partial charge in [-0.3, -0.25) is 9.36 Å². The van der Waals surface area contributed by atoms with Gasteiger partial charge in [-0.1, -0.05) is 39.0 Å². The molecule has 0 aliphatic carbocycles. The second-order valence-electron chi connectivity index (χ2n) is 9.95. The van der Waals surface area contributed by atoms with Crippen LogP contribution in [0.25, 0.3) is 11.2 Å². The summed E-state index contributed by atoms with van der Waals surface area (Å²) >= 11 is 1.44. The molecule has 1 aliphatic heterocycles. The van der Waals surface area contributed by atoms with E-state index in [1.807, 2.05) is 10.6 Å². The number of aliphatic hydroxyl groups is 2. The highest BCUT2D eigenvalue weighted by Crippen LogP contribution is 2.48. The van der Waals surface area contributed by atoms with Crippen LogP contribution in [0.2, 0.25) is 18.1 Å². The van der Waals surface area contributed by atoms with Crippen LogP contribution in [0.4, 0.5) is 5.82 Å². The maximum Gasteiger partial charge on any atom is 0.256 e. The number of carbonyl (C=O) groups excluding carboxylic acids is 1. The fourth-order valence-corrected chi connectivity index (χ4v) is 6.45. The molecule has 1 amide bonds. The van der Waals surface area contributed by atoms with Gasteiger partial charge in [0.2, 0.25) is 0 Å². The van der Waals surface area contributed by atoms with Gasteiger partial charge >= 0.3 is 0 Å². The van der Waals surface area contributed by atoms with Crippen molar-refractivity contribution in [3.63, 3.8) is 0 Å². The molecule has 1 aliphatic rings. The minimum atomic E-state index is -2.22. The van der Waals surface area contributed by atoms with Crippen molar-refractivity contribution in [2.75, 3.05) is 11.9 Å². The van der Waals surface area contributed by atoms with Gasteiger partial charge in [-0.05, 0) is 30.3 Å². The summed E-state index contributed by atoms with van der Waals surface area (Å²) < 4.78 is 8.48. The summed E-state index contributed by atoms with van der Waals surface area (Å²) in [5, 5.41) is 22.9.